The number of aromatic nitrogens is 2. The van der Waals surface area contributed by atoms with Gasteiger partial charge in [-0.15, -0.1) is 0 Å². The Morgan fingerprint density at radius 1 is 1.47 bits per heavy atom. The van der Waals surface area contributed by atoms with Gasteiger partial charge in [-0.2, -0.15) is 5.10 Å². The van der Waals surface area contributed by atoms with E-state index in [2.05, 4.69) is 24.3 Å². The Labute approximate surface area is 102 Å². The number of amides is 1. The molecule has 1 amide bonds. The van der Waals surface area contributed by atoms with E-state index in [4.69, 9.17) is 5.11 Å². The van der Waals surface area contributed by atoms with E-state index in [1.807, 2.05) is 18.5 Å². The summed E-state index contributed by atoms with van der Waals surface area (Å²) in [6.07, 6.45) is 0.824. The molecular weight excluding hydrogens is 218 g/mol. The zero-order valence-electron chi connectivity index (χ0n) is 10.9. The smallest absolute Gasteiger partial charge is 0.224 e. The number of aliphatic hydroxyl groups is 1. The summed E-state index contributed by atoms with van der Waals surface area (Å²) in [5.74, 6) is -0.0754. The zero-order valence-corrected chi connectivity index (χ0v) is 10.9. The molecule has 5 nitrogen and oxygen atoms in total. The van der Waals surface area contributed by atoms with E-state index in [-0.39, 0.29) is 18.6 Å². The third kappa shape index (κ3) is 3.30. The van der Waals surface area contributed by atoms with Crippen molar-refractivity contribution in [1.82, 2.24) is 9.78 Å². The van der Waals surface area contributed by atoms with Crippen molar-refractivity contribution in [2.75, 3.05) is 11.9 Å². The molecule has 2 N–H and O–H groups in total. The second-order valence-corrected chi connectivity index (χ2v) is 4.46. The first-order valence-electron chi connectivity index (χ1n) is 5.93. The molecule has 0 fully saturated rings. The number of anilines is 1. The van der Waals surface area contributed by atoms with Crippen molar-refractivity contribution < 1.29 is 9.90 Å². The Kier molecular flexibility index (Phi) is 4.69. The molecule has 0 aromatic carbocycles. The van der Waals surface area contributed by atoms with E-state index in [0.717, 1.165) is 17.1 Å². The molecule has 0 saturated carbocycles. The average molecular weight is 239 g/mol. The Morgan fingerprint density at radius 2 is 2.12 bits per heavy atom. The number of hydrogen-bond acceptors (Lipinski definition) is 3. The minimum Gasteiger partial charge on any atom is -0.396 e. The molecule has 1 aromatic rings. The lowest BCUT2D eigenvalue weighted by Crippen LogP contribution is -2.13. The second-order valence-electron chi connectivity index (χ2n) is 4.46. The number of carbonyl (C=O) groups is 1. The van der Waals surface area contributed by atoms with Crippen LogP contribution in [0, 0.1) is 13.8 Å². The van der Waals surface area contributed by atoms with Crippen molar-refractivity contribution in [3.63, 3.8) is 0 Å². The lowest BCUT2D eigenvalue weighted by Gasteiger charge is -2.09. The van der Waals surface area contributed by atoms with Gasteiger partial charge in [-0.3, -0.25) is 9.48 Å². The summed E-state index contributed by atoms with van der Waals surface area (Å²) >= 11 is 0. The van der Waals surface area contributed by atoms with Crippen LogP contribution < -0.4 is 5.32 Å². The van der Waals surface area contributed by atoms with Crippen molar-refractivity contribution in [2.24, 2.45) is 0 Å². The van der Waals surface area contributed by atoms with Crippen LogP contribution in [0.5, 0.6) is 0 Å². The number of carbonyl (C=O) groups excluding carboxylic acids is 1. The zero-order chi connectivity index (χ0) is 13.0. The van der Waals surface area contributed by atoms with E-state index in [0.29, 0.717) is 12.8 Å². The maximum atomic E-state index is 11.6. The predicted molar refractivity (Wildman–Crippen MR) is 67.0 cm³/mol. The molecule has 0 spiro atoms. The first-order chi connectivity index (χ1) is 7.97. The summed E-state index contributed by atoms with van der Waals surface area (Å²) in [4.78, 5) is 11.6. The lowest BCUT2D eigenvalue weighted by molar-refractivity contribution is -0.116. The van der Waals surface area contributed by atoms with Crippen molar-refractivity contribution >= 4 is 11.6 Å². The molecule has 0 aliphatic heterocycles. The number of aliphatic hydroxyl groups excluding tert-OH is 1. The molecule has 0 aliphatic rings. The quantitative estimate of drug-likeness (QED) is 0.823. The van der Waals surface area contributed by atoms with Gasteiger partial charge < -0.3 is 10.4 Å². The summed E-state index contributed by atoms with van der Waals surface area (Å²) in [6, 6.07) is 0.275. The first-order valence-corrected chi connectivity index (χ1v) is 5.93. The Bertz CT molecular complexity index is 397. The van der Waals surface area contributed by atoms with Crippen molar-refractivity contribution in [3.8, 4) is 0 Å². The minimum atomic E-state index is -0.0754. The normalized spacial score (nSPS) is 10.9. The molecule has 1 aromatic heterocycles. The number of rotatable bonds is 5. The molecule has 96 valence electrons. The number of hydrogen-bond donors (Lipinski definition) is 2. The SMILES string of the molecule is Cc1nn(C(C)C)c(C)c1NC(=O)CCCO. The van der Waals surface area contributed by atoms with Crippen molar-refractivity contribution in [1.29, 1.82) is 0 Å². The van der Waals surface area contributed by atoms with Crippen LogP contribution in [0.25, 0.3) is 0 Å². The van der Waals surface area contributed by atoms with Crippen LogP contribution in [0.4, 0.5) is 5.69 Å². The van der Waals surface area contributed by atoms with Crippen molar-refractivity contribution in [2.45, 2.75) is 46.6 Å². The third-order valence-corrected chi connectivity index (χ3v) is 2.64. The summed E-state index contributed by atoms with van der Waals surface area (Å²) in [7, 11) is 0. The molecule has 5 heteroatoms. The van der Waals surface area contributed by atoms with E-state index in [1.165, 1.54) is 0 Å². The molecule has 0 atom stereocenters. The van der Waals surface area contributed by atoms with Crippen LogP contribution in [0.2, 0.25) is 0 Å². The van der Waals surface area contributed by atoms with Gasteiger partial charge >= 0.3 is 0 Å². The topological polar surface area (TPSA) is 67.2 Å². The van der Waals surface area contributed by atoms with Crippen LogP contribution in [-0.2, 0) is 4.79 Å². The highest BCUT2D eigenvalue weighted by Crippen LogP contribution is 2.22. The maximum Gasteiger partial charge on any atom is 0.224 e. The number of nitrogens with one attached hydrogen (secondary N) is 1. The van der Waals surface area contributed by atoms with Gasteiger partial charge in [-0.25, -0.2) is 0 Å². The van der Waals surface area contributed by atoms with Crippen LogP contribution >= 0.6 is 0 Å². The molecule has 0 saturated heterocycles. The number of aryl methyl sites for hydroxylation is 1. The van der Waals surface area contributed by atoms with Gasteiger partial charge in [0, 0.05) is 19.1 Å². The monoisotopic (exact) mass is 239 g/mol. The molecule has 0 unspecified atom stereocenters. The van der Waals surface area contributed by atoms with Gasteiger partial charge in [-0.05, 0) is 34.1 Å². The fourth-order valence-corrected chi connectivity index (χ4v) is 1.79. The van der Waals surface area contributed by atoms with Gasteiger partial charge in [0.05, 0.1) is 17.1 Å². The van der Waals surface area contributed by atoms with Gasteiger partial charge in [0.25, 0.3) is 0 Å². The Hall–Kier alpha value is -1.36. The Morgan fingerprint density at radius 3 is 2.59 bits per heavy atom. The Balaban J connectivity index is 2.81. The largest absolute Gasteiger partial charge is 0.396 e. The first kappa shape index (κ1) is 13.7. The molecule has 17 heavy (non-hydrogen) atoms. The third-order valence-electron chi connectivity index (χ3n) is 2.64. The highest BCUT2D eigenvalue weighted by molar-refractivity contribution is 5.91. The van der Waals surface area contributed by atoms with Gasteiger partial charge in [-0.1, -0.05) is 0 Å². The summed E-state index contributed by atoms with van der Waals surface area (Å²) in [5, 5.41) is 15.9. The lowest BCUT2D eigenvalue weighted by atomic mass is 10.2. The molecule has 1 rings (SSSR count). The fraction of sp³-hybridized carbons (Fsp3) is 0.667. The highest BCUT2D eigenvalue weighted by Gasteiger charge is 2.15. The van der Waals surface area contributed by atoms with E-state index >= 15 is 0 Å². The molecule has 0 radical (unpaired) electrons. The van der Waals surface area contributed by atoms with E-state index in [9.17, 15) is 4.79 Å². The van der Waals surface area contributed by atoms with Crippen LogP contribution in [0.3, 0.4) is 0 Å². The van der Waals surface area contributed by atoms with E-state index in [1.54, 1.807) is 0 Å². The molecule has 1 heterocycles. The van der Waals surface area contributed by atoms with Crippen LogP contribution in [0.1, 0.15) is 44.1 Å². The summed E-state index contributed by atoms with van der Waals surface area (Å²) < 4.78 is 1.90. The minimum absolute atomic E-state index is 0.0383. The molecule has 0 aliphatic carbocycles. The van der Waals surface area contributed by atoms with Crippen LogP contribution in [-0.4, -0.2) is 27.4 Å². The summed E-state index contributed by atoms with van der Waals surface area (Å²) in [6.45, 7) is 7.97. The second kappa shape index (κ2) is 5.82. The van der Waals surface area contributed by atoms with Gasteiger partial charge in [0.2, 0.25) is 5.91 Å². The summed E-state index contributed by atoms with van der Waals surface area (Å²) in [5.41, 5.74) is 2.59. The average Bonchev–Trinajstić information content (AvgIpc) is 2.54. The van der Waals surface area contributed by atoms with Gasteiger partial charge in [0.15, 0.2) is 0 Å². The van der Waals surface area contributed by atoms with E-state index < -0.39 is 0 Å². The molecule has 0 bridgehead atoms. The number of nitrogens with zero attached hydrogens (tertiary/aromatic N) is 2. The van der Waals surface area contributed by atoms with Gasteiger partial charge in [0.1, 0.15) is 0 Å². The standard InChI is InChI=1S/C12H21N3O2/c1-8(2)15-10(4)12(9(3)14-15)13-11(17)6-5-7-16/h8,16H,5-7H2,1-4H3,(H,13,17). The maximum absolute atomic E-state index is 11.6. The van der Waals surface area contributed by atoms with Crippen LogP contribution in [0.15, 0.2) is 0 Å². The van der Waals surface area contributed by atoms with Crippen molar-refractivity contribution in [3.05, 3.63) is 11.4 Å². The highest BCUT2D eigenvalue weighted by atomic mass is 16.3. The molecular formula is C12H21N3O2. The fourth-order valence-electron chi connectivity index (χ4n) is 1.79. The predicted octanol–water partition coefficient (Wildman–Crippen LogP) is 1.79.